The number of hydrogen-bond donors (Lipinski definition) is 1. The number of halogens is 2. The van der Waals surface area contributed by atoms with Gasteiger partial charge in [-0.15, -0.1) is 0 Å². The fourth-order valence-corrected chi connectivity index (χ4v) is 2.31. The SMILES string of the molecule is CCC(C)C1CNc2ccc(OC(F)F)cc21. The molecule has 1 aliphatic rings. The summed E-state index contributed by atoms with van der Waals surface area (Å²) in [6, 6.07) is 5.13. The molecule has 2 nitrogen and oxygen atoms in total. The van der Waals surface area contributed by atoms with E-state index in [1.165, 1.54) is 0 Å². The van der Waals surface area contributed by atoms with E-state index in [-0.39, 0.29) is 5.75 Å². The molecule has 94 valence electrons. The maximum Gasteiger partial charge on any atom is 0.387 e. The molecule has 1 N–H and O–H groups in total. The molecule has 0 aliphatic carbocycles. The molecule has 0 bridgehead atoms. The van der Waals surface area contributed by atoms with Gasteiger partial charge in [0.05, 0.1) is 0 Å². The lowest BCUT2D eigenvalue weighted by molar-refractivity contribution is -0.0498. The second kappa shape index (κ2) is 4.90. The van der Waals surface area contributed by atoms with Crippen molar-refractivity contribution in [3.63, 3.8) is 0 Å². The number of ether oxygens (including phenoxy) is 1. The second-order valence-corrected chi connectivity index (χ2v) is 4.50. The predicted molar refractivity (Wildman–Crippen MR) is 63.8 cm³/mol. The smallest absolute Gasteiger partial charge is 0.387 e. The van der Waals surface area contributed by atoms with Gasteiger partial charge in [-0.25, -0.2) is 0 Å². The van der Waals surface area contributed by atoms with Gasteiger partial charge in [-0.1, -0.05) is 20.3 Å². The number of nitrogens with one attached hydrogen (secondary N) is 1. The molecule has 17 heavy (non-hydrogen) atoms. The highest BCUT2D eigenvalue weighted by molar-refractivity contribution is 5.60. The summed E-state index contributed by atoms with van der Waals surface area (Å²) >= 11 is 0. The van der Waals surface area contributed by atoms with E-state index >= 15 is 0 Å². The third kappa shape index (κ3) is 2.51. The van der Waals surface area contributed by atoms with Crippen molar-refractivity contribution in [1.29, 1.82) is 0 Å². The van der Waals surface area contributed by atoms with Crippen LogP contribution >= 0.6 is 0 Å². The first kappa shape index (κ1) is 12.1. The second-order valence-electron chi connectivity index (χ2n) is 4.50. The Labute approximate surface area is 100.0 Å². The van der Waals surface area contributed by atoms with Gasteiger partial charge in [0.15, 0.2) is 0 Å². The summed E-state index contributed by atoms with van der Waals surface area (Å²) < 4.78 is 28.8. The number of alkyl halides is 2. The van der Waals surface area contributed by atoms with Crippen LogP contribution in [-0.2, 0) is 0 Å². The average Bonchev–Trinajstić information content (AvgIpc) is 2.70. The molecule has 2 rings (SSSR count). The maximum atomic E-state index is 12.2. The van der Waals surface area contributed by atoms with Gasteiger partial charge < -0.3 is 10.1 Å². The lowest BCUT2D eigenvalue weighted by Gasteiger charge is -2.17. The third-order valence-corrected chi connectivity index (χ3v) is 3.49. The quantitative estimate of drug-likeness (QED) is 0.864. The molecule has 2 unspecified atom stereocenters. The minimum Gasteiger partial charge on any atom is -0.435 e. The van der Waals surface area contributed by atoms with E-state index in [4.69, 9.17) is 0 Å². The number of benzene rings is 1. The Morgan fingerprint density at radius 3 is 2.88 bits per heavy atom. The molecule has 1 aromatic rings. The standard InChI is InChI=1S/C13H17F2NO/c1-3-8(2)11-7-16-12-5-4-9(6-10(11)12)17-13(14)15/h4-6,8,11,13,16H,3,7H2,1-2H3. The van der Waals surface area contributed by atoms with Crippen LogP contribution in [0.5, 0.6) is 5.75 Å². The predicted octanol–water partition coefficient (Wildman–Crippen LogP) is 3.84. The Balaban J connectivity index is 2.24. The zero-order valence-electron chi connectivity index (χ0n) is 10.0. The Bertz CT molecular complexity index is 395. The van der Waals surface area contributed by atoms with Crippen molar-refractivity contribution in [2.45, 2.75) is 32.8 Å². The van der Waals surface area contributed by atoms with E-state index in [0.29, 0.717) is 11.8 Å². The molecule has 0 fully saturated rings. The first-order valence-corrected chi connectivity index (χ1v) is 5.94. The minimum atomic E-state index is -2.76. The van der Waals surface area contributed by atoms with E-state index in [2.05, 4.69) is 23.9 Å². The van der Waals surface area contributed by atoms with Gasteiger partial charge in [0.1, 0.15) is 5.75 Å². The van der Waals surface area contributed by atoms with Gasteiger partial charge in [-0.3, -0.25) is 0 Å². The number of hydrogen-bond acceptors (Lipinski definition) is 2. The Kier molecular flexibility index (Phi) is 3.50. The molecular formula is C13H17F2NO. The first-order valence-electron chi connectivity index (χ1n) is 5.94. The van der Waals surface area contributed by atoms with Crippen LogP contribution in [0.2, 0.25) is 0 Å². The van der Waals surface area contributed by atoms with Gasteiger partial charge in [-0.05, 0) is 29.7 Å². The fourth-order valence-electron chi connectivity index (χ4n) is 2.31. The highest BCUT2D eigenvalue weighted by Gasteiger charge is 2.26. The van der Waals surface area contributed by atoms with E-state index in [1.807, 2.05) is 6.07 Å². The van der Waals surface area contributed by atoms with Crippen LogP contribution < -0.4 is 10.1 Å². The summed E-state index contributed by atoms with van der Waals surface area (Å²) in [5, 5.41) is 3.30. The Hall–Kier alpha value is -1.32. The van der Waals surface area contributed by atoms with E-state index in [0.717, 1.165) is 24.2 Å². The Morgan fingerprint density at radius 2 is 2.24 bits per heavy atom. The van der Waals surface area contributed by atoms with Gasteiger partial charge in [0.2, 0.25) is 0 Å². The molecule has 1 heterocycles. The van der Waals surface area contributed by atoms with Crippen molar-refractivity contribution < 1.29 is 13.5 Å². The number of fused-ring (bicyclic) bond motifs is 1. The lowest BCUT2D eigenvalue weighted by Crippen LogP contribution is -2.11. The molecule has 0 radical (unpaired) electrons. The molecule has 1 aliphatic heterocycles. The molecule has 2 atom stereocenters. The summed E-state index contributed by atoms with van der Waals surface area (Å²) in [4.78, 5) is 0. The highest BCUT2D eigenvalue weighted by Crippen LogP contribution is 2.39. The van der Waals surface area contributed by atoms with Crippen LogP contribution in [0, 0.1) is 5.92 Å². The van der Waals surface area contributed by atoms with Crippen molar-refractivity contribution in [3.8, 4) is 5.75 Å². The molecule has 1 aromatic carbocycles. The zero-order valence-corrected chi connectivity index (χ0v) is 10.0. The van der Waals surface area contributed by atoms with Crippen molar-refractivity contribution >= 4 is 5.69 Å². The molecule has 0 saturated heterocycles. The summed E-state index contributed by atoms with van der Waals surface area (Å²) in [7, 11) is 0. The van der Waals surface area contributed by atoms with Gasteiger partial charge in [-0.2, -0.15) is 8.78 Å². The van der Waals surface area contributed by atoms with Crippen LogP contribution in [0.4, 0.5) is 14.5 Å². The van der Waals surface area contributed by atoms with Crippen molar-refractivity contribution in [3.05, 3.63) is 23.8 Å². The Morgan fingerprint density at radius 1 is 1.47 bits per heavy atom. The molecule has 4 heteroatoms. The normalized spacial score (nSPS) is 19.9. The van der Waals surface area contributed by atoms with Crippen LogP contribution in [0.25, 0.3) is 0 Å². The molecule has 0 amide bonds. The summed E-state index contributed by atoms with van der Waals surface area (Å²) in [6.45, 7) is 2.44. The van der Waals surface area contributed by atoms with Crippen LogP contribution in [0.15, 0.2) is 18.2 Å². The van der Waals surface area contributed by atoms with E-state index in [1.54, 1.807) is 12.1 Å². The third-order valence-electron chi connectivity index (χ3n) is 3.49. The molecule has 0 aromatic heterocycles. The van der Waals surface area contributed by atoms with Crippen molar-refractivity contribution in [1.82, 2.24) is 0 Å². The zero-order chi connectivity index (χ0) is 12.4. The molecule has 0 spiro atoms. The monoisotopic (exact) mass is 241 g/mol. The lowest BCUT2D eigenvalue weighted by atomic mass is 9.87. The van der Waals surface area contributed by atoms with Gasteiger partial charge in [0.25, 0.3) is 0 Å². The fraction of sp³-hybridized carbons (Fsp3) is 0.538. The number of rotatable bonds is 4. The van der Waals surface area contributed by atoms with Crippen LogP contribution in [-0.4, -0.2) is 13.2 Å². The van der Waals surface area contributed by atoms with E-state index in [9.17, 15) is 8.78 Å². The maximum absolute atomic E-state index is 12.2. The van der Waals surface area contributed by atoms with Gasteiger partial charge >= 0.3 is 6.61 Å². The average molecular weight is 241 g/mol. The number of anilines is 1. The van der Waals surface area contributed by atoms with Crippen molar-refractivity contribution in [2.24, 2.45) is 5.92 Å². The van der Waals surface area contributed by atoms with Crippen molar-refractivity contribution in [2.75, 3.05) is 11.9 Å². The summed E-state index contributed by atoms with van der Waals surface area (Å²) in [5.41, 5.74) is 2.13. The topological polar surface area (TPSA) is 21.3 Å². The molecule has 0 saturated carbocycles. The largest absolute Gasteiger partial charge is 0.435 e. The van der Waals surface area contributed by atoms with Gasteiger partial charge in [0, 0.05) is 18.2 Å². The summed E-state index contributed by atoms with van der Waals surface area (Å²) in [6.07, 6.45) is 1.08. The first-order chi connectivity index (χ1) is 8.11. The minimum absolute atomic E-state index is 0.246. The summed E-state index contributed by atoms with van der Waals surface area (Å²) in [5.74, 6) is 1.16. The van der Waals surface area contributed by atoms with Crippen LogP contribution in [0.1, 0.15) is 31.7 Å². The highest BCUT2D eigenvalue weighted by atomic mass is 19.3. The van der Waals surface area contributed by atoms with E-state index < -0.39 is 6.61 Å². The van der Waals surface area contributed by atoms with Crippen LogP contribution in [0.3, 0.4) is 0 Å². The molecular weight excluding hydrogens is 224 g/mol.